The average molecular weight is 289 g/mol. The van der Waals surface area contributed by atoms with Crippen molar-refractivity contribution in [1.29, 1.82) is 0 Å². The lowest BCUT2D eigenvalue weighted by atomic mass is 10.0. The fourth-order valence-electron chi connectivity index (χ4n) is 2.19. The van der Waals surface area contributed by atoms with E-state index in [-0.39, 0.29) is 12.1 Å². The van der Waals surface area contributed by atoms with Crippen molar-refractivity contribution in [2.75, 3.05) is 26.2 Å². The van der Waals surface area contributed by atoms with E-state index >= 15 is 0 Å². The van der Waals surface area contributed by atoms with Gasteiger partial charge in [0.15, 0.2) is 0 Å². The molecule has 2 N–H and O–H groups in total. The lowest BCUT2D eigenvalue weighted by Crippen LogP contribution is -2.48. The minimum absolute atomic E-state index is 0.0103. The van der Waals surface area contributed by atoms with Crippen LogP contribution in [0.2, 0.25) is 0 Å². The molecule has 0 saturated carbocycles. The van der Waals surface area contributed by atoms with Crippen molar-refractivity contribution in [3.63, 3.8) is 0 Å². The topological polar surface area (TPSA) is 51.6 Å². The Labute approximate surface area is 104 Å². The number of likely N-dealkylation sites (N-methyl/N-ethyl adjacent to an activating group) is 1. The average Bonchev–Trinajstić information content (AvgIpc) is 2.74. The molecular formula is C11H17BrN2O2. The van der Waals surface area contributed by atoms with E-state index in [1.54, 1.807) is 6.26 Å². The largest absolute Gasteiger partial charge is 0.466 e. The Kier molecular flexibility index (Phi) is 4.02. The molecule has 5 heteroatoms. The van der Waals surface area contributed by atoms with Gasteiger partial charge in [-0.05, 0) is 28.5 Å². The van der Waals surface area contributed by atoms with Crippen LogP contribution in [0.1, 0.15) is 18.7 Å². The van der Waals surface area contributed by atoms with E-state index in [0.29, 0.717) is 6.54 Å². The summed E-state index contributed by atoms with van der Waals surface area (Å²) in [5.74, 6) is 0.914. The summed E-state index contributed by atoms with van der Waals surface area (Å²) in [5, 5.41) is 0. The van der Waals surface area contributed by atoms with E-state index in [1.807, 2.05) is 6.07 Å². The summed E-state index contributed by atoms with van der Waals surface area (Å²) in [5.41, 5.74) is 5.76. The maximum Gasteiger partial charge on any atom is 0.137 e. The summed E-state index contributed by atoms with van der Waals surface area (Å²) in [6.45, 7) is 5.28. The molecule has 16 heavy (non-hydrogen) atoms. The zero-order chi connectivity index (χ0) is 11.5. The zero-order valence-electron chi connectivity index (χ0n) is 9.36. The van der Waals surface area contributed by atoms with E-state index in [9.17, 15) is 0 Å². The molecule has 0 radical (unpaired) electrons. The van der Waals surface area contributed by atoms with Gasteiger partial charge in [0.1, 0.15) is 5.76 Å². The number of halogens is 1. The number of hydrogen-bond acceptors (Lipinski definition) is 4. The van der Waals surface area contributed by atoms with Crippen LogP contribution in [0.4, 0.5) is 0 Å². The summed E-state index contributed by atoms with van der Waals surface area (Å²) in [6.07, 6.45) is 1.70. The van der Waals surface area contributed by atoms with Crippen LogP contribution in [-0.4, -0.2) is 37.2 Å². The third-order valence-corrected chi connectivity index (χ3v) is 3.66. The van der Waals surface area contributed by atoms with Crippen LogP contribution in [0.15, 0.2) is 21.2 Å². The van der Waals surface area contributed by atoms with Gasteiger partial charge in [-0.1, -0.05) is 6.92 Å². The highest BCUT2D eigenvalue weighted by molar-refractivity contribution is 9.10. The first-order valence-corrected chi connectivity index (χ1v) is 6.35. The van der Waals surface area contributed by atoms with Gasteiger partial charge in [0.25, 0.3) is 0 Å². The van der Waals surface area contributed by atoms with Crippen LogP contribution < -0.4 is 5.73 Å². The molecule has 1 aliphatic rings. The molecule has 0 aliphatic carbocycles. The third-order valence-electron chi connectivity index (χ3n) is 3.01. The van der Waals surface area contributed by atoms with Crippen LogP contribution in [0.25, 0.3) is 0 Å². The number of ether oxygens (including phenoxy) is 1. The minimum atomic E-state index is 0.0103. The molecule has 90 valence electrons. The number of hydrogen-bond donors (Lipinski definition) is 1. The molecule has 0 amide bonds. The van der Waals surface area contributed by atoms with Crippen LogP contribution >= 0.6 is 15.9 Å². The fourth-order valence-corrected chi connectivity index (χ4v) is 2.63. The number of rotatable bonds is 3. The molecule has 2 unspecified atom stereocenters. The smallest absolute Gasteiger partial charge is 0.137 e. The second kappa shape index (κ2) is 5.31. The van der Waals surface area contributed by atoms with Crippen LogP contribution in [0.3, 0.4) is 0 Å². The fraction of sp³-hybridized carbons (Fsp3) is 0.636. The highest BCUT2D eigenvalue weighted by Crippen LogP contribution is 2.34. The predicted molar refractivity (Wildman–Crippen MR) is 65.2 cm³/mol. The van der Waals surface area contributed by atoms with Gasteiger partial charge in [-0.2, -0.15) is 0 Å². The van der Waals surface area contributed by atoms with Gasteiger partial charge < -0.3 is 14.9 Å². The quantitative estimate of drug-likeness (QED) is 0.921. The van der Waals surface area contributed by atoms with Crippen molar-refractivity contribution < 1.29 is 9.15 Å². The van der Waals surface area contributed by atoms with Crippen LogP contribution in [0, 0.1) is 0 Å². The molecular weight excluding hydrogens is 272 g/mol. The first kappa shape index (κ1) is 12.1. The molecule has 4 nitrogen and oxygen atoms in total. The monoisotopic (exact) mass is 288 g/mol. The highest BCUT2D eigenvalue weighted by Gasteiger charge is 2.35. The SMILES string of the molecule is CCN1CCOC(CN)C1c1occc1Br. The predicted octanol–water partition coefficient (Wildman–Crippen LogP) is 1.76. The zero-order valence-corrected chi connectivity index (χ0v) is 10.9. The van der Waals surface area contributed by atoms with Crippen molar-refractivity contribution >= 4 is 15.9 Å². The lowest BCUT2D eigenvalue weighted by molar-refractivity contribution is -0.0724. The minimum Gasteiger partial charge on any atom is -0.466 e. The first-order valence-electron chi connectivity index (χ1n) is 5.56. The molecule has 1 aliphatic heterocycles. The maximum atomic E-state index is 5.76. The molecule has 1 fully saturated rings. The van der Waals surface area contributed by atoms with Gasteiger partial charge >= 0.3 is 0 Å². The first-order chi connectivity index (χ1) is 7.77. The summed E-state index contributed by atoms with van der Waals surface area (Å²) in [7, 11) is 0. The Morgan fingerprint density at radius 1 is 1.62 bits per heavy atom. The van der Waals surface area contributed by atoms with Gasteiger partial charge in [-0.3, -0.25) is 4.90 Å². The van der Waals surface area contributed by atoms with Crippen molar-refractivity contribution in [1.82, 2.24) is 4.90 Å². The molecule has 2 rings (SSSR count). The molecule has 1 aromatic rings. The van der Waals surface area contributed by atoms with E-state index in [4.69, 9.17) is 14.9 Å². The second-order valence-electron chi connectivity index (χ2n) is 3.85. The standard InChI is InChI=1S/C11H17BrN2O2/c1-2-14-4-6-15-9(7-13)10(14)11-8(12)3-5-16-11/h3,5,9-10H,2,4,6-7,13H2,1H3. The van der Waals surface area contributed by atoms with Gasteiger partial charge in [0.05, 0.1) is 29.5 Å². The van der Waals surface area contributed by atoms with Crippen LogP contribution in [-0.2, 0) is 4.74 Å². The van der Waals surface area contributed by atoms with Crippen molar-refractivity contribution in [3.05, 3.63) is 22.6 Å². The second-order valence-corrected chi connectivity index (χ2v) is 4.71. The molecule has 2 heterocycles. The Morgan fingerprint density at radius 2 is 2.44 bits per heavy atom. The maximum absolute atomic E-state index is 5.76. The van der Waals surface area contributed by atoms with E-state index < -0.39 is 0 Å². The summed E-state index contributed by atoms with van der Waals surface area (Å²) in [6, 6.07) is 2.03. The molecule has 0 spiro atoms. The molecule has 0 bridgehead atoms. The number of morpholine rings is 1. The van der Waals surface area contributed by atoms with Gasteiger partial charge in [-0.15, -0.1) is 0 Å². The van der Waals surface area contributed by atoms with Gasteiger partial charge in [0, 0.05) is 13.1 Å². The lowest BCUT2D eigenvalue weighted by Gasteiger charge is -2.39. The van der Waals surface area contributed by atoms with Gasteiger partial charge in [-0.25, -0.2) is 0 Å². The summed E-state index contributed by atoms with van der Waals surface area (Å²) < 4.78 is 12.2. The highest BCUT2D eigenvalue weighted by atomic mass is 79.9. The number of furan rings is 1. The Balaban J connectivity index is 2.28. The van der Waals surface area contributed by atoms with E-state index in [2.05, 4.69) is 27.8 Å². The Bertz CT molecular complexity index is 330. The summed E-state index contributed by atoms with van der Waals surface area (Å²) in [4.78, 5) is 2.34. The van der Waals surface area contributed by atoms with E-state index in [1.165, 1.54) is 0 Å². The molecule has 1 aromatic heterocycles. The Morgan fingerprint density at radius 3 is 3.00 bits per heavy atom. The van der Waals surface area contributed by atoms with Crippen molar-refractivity contribution in [3.8, 4) is 0 Å². The van der Waals surface area contributed by atoms with Crippen molar-refractivity contribution in [2.24, 2.45) is 5.73 Å². The number of nitrogens with zero attached hydrogens (tertiary/aromatic N) is 1. The molecule has 0 aromatic carbocycles. The molecule has 2 atom stereocenters. The molecule has 1 saturated heterocycles. The van der Waals surface area contributed by atoms with Crippen molar-refractivity contribution in [2.45, 2.75) is 19.1 Å². The Hall–Kier alpha value is -0.360. The normalized spacial score (nSPS) is 27.2. The van der Waals surface area contributed by atoms with Crippen LogP contribution in [0.5, 0.6) is 0 Å². The van der Waals surface area contributed by atoms with Gasteiger partial charge in [0.2, 0.25) is 0 Å². The number of nitrogens with two attached hydrogens (primary N) is 1. The summed E-state index contributed by atoms with van der Waals surface area (Å²) >= 11 is 3.50. The third kappa shape index (κ3) is 2.18. The van der Waals surface area contributed by atoms with E-state index in [0.717, 1.165) is 29.9 Å².